The highest BCUT2D eigenvalue weighted by atomic mass is 35.5. The molecule has 3 rings (SSSR count). The first-order chi connectivity index (χ1) is 15.6. The first-order valence-electron chi connectivity index (χ1n) is 10.1. The number of carbonyl (C=O) groups excluding carboxylic acids is 2. The van der Waals surface area contributed by atoms with Crippen molar-refractivity contribution in [3.05, 3.63) is 83.9 Å². The van der Waals surface area contributed by atoms with Gasteiger partial charge < -0.3 is 20.7 Å². The molecular formula is C24H25ClN4O3. The highest BCUT2D eigenvalue weighted by Crippen LogP contribution is 2.22. The van der Waals surface area contributed by atoms with Crippen molar-refractivity contribution in [2.45, 2.75) is 6.42 Å². The van der Waals surface area contributed by atoms with Gasteiger partial charge in [0.05, 0.1) is 12.8 Å². The molecule has 0 aromatic heterocycles. The van der Waals surface area contributed by atoms with Crippen molar-refractivity contribution in [2.75, 3.05) is 35.7 Å². The monoisotopic (exact) mass is 452 g/mol. The number of rotatable bonds is 8. The van der Waals surface area contributed by atoms with Crippen molar-refractivity contribution in [3.63, 3.8) is 0 Å². The Bertz CT molecular complexity index is 1030. The molecule has 7 nitrogen and oxygen atoms in total. The Morgan fingerprint density at radius 3 is 2.31 bits per heavy atom. The number of para-hydroxylation sites is 3. The van der Waals surface area contributed by atoms with Crippen molar-refractivity contribution in [3.8, 4) is 5.75 Å². The van der Waals surface area contributed by atoms with E-state index in [1.165, 1.54) is 0 Å². The van der Waals surface area contributed by atoms with Crippen LogP contribution in [0.1, 0.15) is 6.42 Å². The van der Waals surface area contributed by atoms with Crippen LogP contribution in [0.25, 0.3) is 0 Å². The van der Waals surface area contributed by atoms with Crippen molar-refractivity contribution >= 4 is 40.7 Å². The molecule has 4 amide bonds. The molecule has 0 fully saturated rings. The number of amides is 4. The average Bonchev–Trinajstić information content (AvgIpc) is 2.81. The zero-order chi connectivity index (χ0) is 22.8. The summed E-state index contributed by atoms with van der Waals surface area (Å²) in [5.41, 5.74) is 1.99. The highest BCUT2D eigenvalue weighted by molar-refractivity contribution is 6.30. The van der Waals surface area contributed by atoms with Gasteiger partial charge in [-0.2, -0.15) is 0 Å². The normalized spacial score (nSPS) is 10.2. The molecule has 0 unspecified atom stereocenters. The van der Waals surface area contributed by atoms with Crippen LogP contribution >= 0.6 is 11.6 Å². The third kappa shape index (κ3) is 6.65. The molecule has 0 aliphatic carbocycles. The van der Waals surface area contributed by atoms with Crippen molar-refractivity contribution in [1.82, 2.24) is 5.32 Å². The largest absolute Gasteiger partial charge is 0.495 e. The molecule has 0 aliphatic rings. The number of nitrogens with zero attached hydrogens (tertiary/aromatic N) is 1. The fraction of sp³-hybridized carbons (Fsp3) is 0.167. The van der Waals surface area contributed by atoms with E-state index in [0.717, 1.165) is 5.69 Å². The van der Waals surface area contributed by atoms with Crippen molar-refractivity contribution in [2.24, 2.45) is 0 Å². The molecule has 32 heavy (non-hydrogen) atoms. The molecule has 0 bridgehead atoms. The third-order valence-corrected chi connectivity index (χ3v) is 4.86. The fourth-order valence-corrected chi connectivity index (χ4v) is 3.16. The Morgan fingerprint density at radius 1 is 0.906 bits per heavy atom. The summed E-state index contributed by atoms with van der Waals surface area (Å²) in [6.07, 6.45) is 0.558. The van der Waals surface area contributed by atoms with Gasteiger partial charge in [-0.15, -0.1) is 0 Å². The van der Waals surface area contributed by atoms with Gasteiger partial charge in [0.1, 0.15) is 5.75 Å². The van der Waals surface area contributed by atoms with Crippen LogP contribution in [0.5, 0.6) is 5.75 Å². The predicted molar refractivity (Wildman–Crippen MR) is 129 cm³/mol. The second-order valence-electron chi connectivity index (χ2n) is 6.86. The van der Waals surface area contributed by atoms with Gasteiger partial charge in [-0.1, -0.05) is 41.9 Å². The van der Waals surface area contributed by atoms with E-state index in [1.807, 2.05) is 42.5 Å². The molecular weight excluding hydrogens is 428 g/mol. The number of hydrogen-bond acceptors (Lipinski definition) is 3. The fourth-order valence-electron chi connectivity index (χ4n) is 3.03. The average molecular weight is 453 g/mol. The van der Waals surface area contributed by atoms with Gasteiger partial charge in [0.25, 0.3) is 0 Å². The summed E-state index contributed by atoms with van der Waals surface area (Å²) < 4.78 is 5.23. The lowest BCUT2D eigenvalue weighted by molar-refractivity contribution is 0.252. The van der Waals surface area contributed by atoms with E-state index < -0.39 is 0 Å². The first kappa shape index (κ1) is 23.0. The quantitative estimate of drug-likeness (QED) is 0.389. The number of nitrogens with one attached hydrogen (secondary N) is 3. The molecule has 0 saturated carbocycles. The summed E-state index contributed by atoms with van der Waals surface area (Å²) in [6, 6.07) is 22.8. The Morgan fingerprint density at radius 2 is 1.59 bits per heavy atom. The van der Waals surface area contributed by atoms with Gasteiger partial charge in [0.2, 0.25) is 0 Å². The zero-order valence-corrected chi connectivity index (χ0v) is 18.4. The smallest absolute Gasteiger partial charge is 0.326 e. The third-order valence-electron chi connectivity index (χ3n) is 4.61. The van der Waals surface area contributed by atoms with E-state index in [2.05, 4.69) is 16.0 Å². The molecule has 0 saturated heterocycles. The standard InChI is InChI=1S/C24H25ClN4O3/c1-32-22-11-6-5-10-21(22)28-23(30)26-16-7-17-29(20-8-3-2-4-9-20)24(31)27-19-14-12-18(25)13-15-19/h2-6,8-15H,7,16-17H2,1H3,(H,27,31)(H2,26,28,30). The van der Waals surface area contributed by atoms with Crippen LogP contribution in [-0.4, -0.2) is 32.3 Å². The Labute approximate surface area is 192 Å². The highest BCUT2D eigenvalue weighted by Gasteiger charge is 2.16. The van der Waals surface area contributed by atoms with E-state index in [9.17, 15) is 9.59 Å². The summed E-state index contributed by atoms with van der Waals surface area (Å²) in [5.74, 6) is 0.580. The van der Waals surface area contributed by atoms with Crippen LogP contribution in [-0.2, 0) is 0 Å². The Kier molecular flexibility index (Phi) is 8.34. The summed E-state index contributed by atoms with van der Waals surface area (Å²) in [7, 11) is 1.55. The molecule has 0 aliphatic heterocycles. The van der Waals surface area contributed by atoms with Crippen LogP contribution in [0.15, 0.2) is 78.9 Å². The summed E-state index contributed by atoms with van der Waals surface area (Å²) in [5, 5.41) is 9.04. The van der Waals surface area contributed by atoms with Crippen molar-refractivity contribution in [1.29, 1.82) is 0 Å². The summed E-state index contributed by atoms with van der Waals surface area (Å²) in [4.78, 5) is 26.8. The molecule has 3 aromatic rings. The lowest BCUT2D eigenvalue weighted by Gasteiger charge is -2.23. The Balaban J connectivity index is 1.55. The van der Waals surface area contributed by atoms with E-state index in [4.69, 9.17) is 16.3 Å². The molecule has 8 heteroatoms. The maximum atomic E-state index is 12.9. The maximum absolute atomic E-state index is 12.9. The van der Waals surface area contributed by atoms with Crippen LogP contribution in [0, 0.1) is 0 Å². The van der Waals surface area contributed by atoms with E-state index >= 15 is 0 Å². The molecule has 0 radical (unpaired) electrons. The maximum Gasteiger partial charge on any atom is 0.326 e. The lowest BCUT2D eigenvalue weighted by atomic mass is 10.2. The van der Waals surface area contributed by atoms with Gasteiger partial charge >= 0.3 is 12.1 Å². The predicted octanol–water partition coefficient (Wildman–Crippen LogP) is 5.60. The Hall–Kier alpha value is -3.71. The summed E-state index contributed by atoms with van der Waals surface area (Å²) >= 11 is 5.91. The molecule has 0 spiro atoms. The van der Waals surface area contributed by atoms with Crippen molar-refractivity contribution < 1.29 is 14.3 Å². The van der Waals surface area contributed by atoms with Crippen LogP contribution in [0.3, 0.4) is 0 Å². The molecule has 0 atom stereocenters. The SMILES string of the molecule is COc1ccccc1NC(=O)NCCCN(C(=O)Nc1ccc(Cl)cc1)c1ccccc1. The minimum atomic E-state index is -0.341. The first-order valence-corrected chi connectivity index (χ1v) is 10.5. The van der Waals surface area contributed by atoms with E-state index in [-0.39, 0.29) is 12.1 Å². The topological polar surface area (TPSA) is 82.7 Å². The number of ether oxygens (including phenoxy) is 1. The molecule has 0 heterocycles. The van der Waals surface area contributed by atoms with Crippen LogP contribution in [0.4, 0.5) is 26.7 Å². The number of hydrogen-bond donors (Lipinski definition) is 3. The van der Waals surface area contributed by atoms with Gasteiger partial charge in [0.15, 0.2) is 0 Å². The molecule has 166 valence electrons. The summed E-state index contributed by atoms with van der Waals surface area (Å²) in [6.45, 7) is 0.802. The van der Waals surface area contributed by atoms with Gasteiger partial charge in [0, 0.05) is 29.5 Å². The van der Waals surface area contributed by atoms with E-state index in [1.54, 1.807) is 48.4 Å². The van der Waals surface area contributed by atoms with Crippen LogP contribution in [0.2, 0.25) is 5.02 Å². The number of urea groups is 2. The number of anilines is 3. The van der Waals surface area contributed by atoms with Gasteiger partial charge in [-0.25, -0.2) is 9.59 Å². The molecule has 3 N–H and O–H groups in total. The number of halogens is 1. The van der Waals surface area contributed by atoms with Gasteiger partial charge in [-0.05, 0) is 55.0 Å². The van der Waals surface area contributed by atoms with Gasteiger partial charge in [-0.3, -0.25) is 4.90 Å². The zero-order valence-electron chi connectivity index (χ0n) is 17.7. The number of methoxy groups -OCH3 is 1. The van der Waals surface area contributed by atoms with E-state index in [0.29, 0.717) is 41.7 Å². The number of carbonyl (C=O) groups is 2. The lowest BCUT2D eigenvalue weighted by Crippen LogP contribution is -2.38. The number of benzene rings is 3. The minimum absolute atomic E-state index is 0.267. The second-order valence-corrected chi connectivity index (χ2v) is 7.30. The minimum Gasteiger partial charge on any atom is -0.495 e. The molecule has 3 aromatic carbocycles. The van der Waals surface area contributed by atoms with Crippen LogP contribution < -0.4 is 25.6 Å². The second kappa shape index (κ2) is 11.6.